The molecule has 0 radical (unpaired) electrons. The lowest BCUT2D eigenvalue weighted by molar-refractivity contribution is 0.662. The molecule has 8 aromatic carbocycles. The van der Waals surface area contributed by atoms with Crippen molar-refractivity contribution in [3.63, 3.8) is 0 Å². The van der Waals surface area contributed by atoms with Crippen molar-refractivity contribution < 1.29 is 4.42 Å². The van der Waals surface area contributed by atoms with Crippen molar-refractivity contribution in [3.8, 4) is 11.1 Å². The lowest BCUT2D eigenvalue weighted by Gasteiger charge is -2.24. The van der Waals surface area contributed by atoms with Crippen LogP contribution in [0.1, 0.15) is 22.9 Å². The number of rotatable bonds is 4. The van der Waals surface area contributed by atoms with E-state index in [9.17, 15) is 0 Å². The summed E-state index contributed by atoms with van der Waals surface area (Å²) < 4.78 is 6.27. The van der Waals surface area contributed by atoms with Crippen LogP contribution in [0.2, 0.25) is 0 Å². The number of nitrogens with one attached hydrogen (secondary N) is 1. The highest BCUT2D eigenvalue weighted by atomic mass is 16.3. The Bertz CT molecular complexity index is 2820. The van der Waals surface area contributed by atoms with E-state index in [4.69, 9.17) is 14.4 Å². The summed E-state index contributed by atoms with van der Waals surface area (Å²) >= 11 is 0. The molecule has 49 heavy (non-hydrogen) atoms. The fraction of sp³-hybridized carbons (Fsp3) is 0.0222. The van der Waals surface area contributed by atoms with E-state index in [1.807, 2.05) is 24.3 Å². The fourth-order valence-electron chi connectivity index (χ4n) is 7.28. The smallest absolute Gasteiger partial charge is 0.159 e. The minimum absolute atomic E-state index is 0.378. The molecular formula is C45H29N3O. The van der Waals surface area contributed by atoms with Crippen LogP contribution in [0.25, 0.3) is 65.4 Å². The molecule has 4 heteroatoms. The molecule has 10 rings (SSSR count). The van der Waals surface area contributed by atoms with Crippen LogP contribution in [-0.4, -0.2) is 11.7 Å². The van der Waals surface area contributed by atoms with E-state index >= 15 is 0 Å². The third-order valence-corrected chi connectivity index (χ3v) is 9.69. The van der Waals surface area contributed by atoms with Gasteiger partial charge in [-0.1, -0.05) is 133 Å². The van der Waals surface area contributed by atoms with Crippen LogP contribution in [0, 0.1) is 0 Å². The molecule has 1 aliphatic rings. The number of aliphatic imine (C=N–C) groups is 2. The maximum atomic E-state index is 6.27. The number of nitrogens with zero attached hydrogens (tertiary/aromatic N) is 2. The minimum Gasteiger partial charge on any atom is -0.456 e. The number of hydrogen-bond acceptors (Lipinski definition) is 4. The van der Waals surface area contributed by atoms with Crippen molar-refractivity contribution >= 4 is 65.9 Å². The Hall–Kier alpha value is -6.52. The molecule has 0 saturated heterocycles. The first kappa shape index (κ1) is 27.6. The highest BCUT2D eigenvalue weighted by Crippen LogP contribution is 2.36. The summed E-state index contributed by atoms with van der Waals surface area (Å²) in [5, 5.41) is 13.2. The maximum Gasteiger partial charge on any atom is 0.159 e. The van der Waals surface area contributed by atoms with Crippen molar-refractivity contribution in [3.05, 3.63) is 180 Å². The molecule has 2 heterocycles. The van der Waals surface area contributed by atoms with E-state index in [2.05, 4.69) is 145 Å². The van der Waals surface area contributed by atoms with Gasteiger partial charge >= 0.3 is 0 Å². The molecule has 230 valence electrons. The van der Waals surface area contributed by atoms with Crippen molar-refractivity contribution in [1.82, 2.24) is 5.32 Å². The molecular weight excluding hydrogens is 599 g/mol. The van der Waals surface area contributed by atoms with Gasteiger partial charge in [0.15, 0.2) is 5.84 Å². The summed E-state index contributed by atoms with van der Waals surface area (Å²) in [4.78, 5) is 10.5. The second kappa shape index (κ2) is 11.0. The number of fused-ring (bicyclic) bond motifs is 7. The fourth-order valence-corrected chi connectivity index (χ4v) is 7.28. The largest absolute Gasteiger partial charge is 0.456 e. The summed E-state index contributed by atoms with van der Waals surface area (Å²) in [6.45, 7) is 0. The van der Waals surface area contributed by atoms with E-state index in [0.717, 1.165) is 55.6 Å². The lowest BCUT2D eigenvalue weighted by atomic mass is 9.96. The predicted octanol–water partition coefficient (Wildman–Crippen LogP) is 11.2. The first-order valence-electron chi connectivity index (χ1n) is 16.6. The molecule has 0 amide bonds. The quantitative estimate of drug-likeness (QED) is 0.197. The predicted molar refractivity (Wildman–Crippen MR) is 204 cm³/mol. The molecule has 0 fully saturated rings. The summed E-state index contributed by atoms with van der Waals surface area (Å²) in [5.41, 5.74) is 7.01. The van der Waals surface area contributed by atoms with Crippen molar-refractivity contribution in [2.45, 2.75) is 6.17 Å². The number of amidine groups is 2. The molecule has 1 aliphatic heterocycles. The molecule has 4 nitrogen and oxygen atoms in total. The number of benzene rings is 8. The first-order chi connectivity index (χ1) is 24.2. The van der Waals surface area contributed by atoms with E-state index in [1.165, 1.54) is 32.3 Å². The van der Waals surface area contributed by atoms with Gasteiger partial charge in [-0.15, -0.1) is 0 Å². The normalized spacial score (nSPS) is 14.7. The van der Waals surface area contributed by atoms with E-state index in [1.54, 1.807) is 0 Å². The van der Waals surface area contributed by atoms with E-state index < -0.39 is 0 Å². The zero-order valence-electron chi connectivity index (χ0n) is 26.5. The summed E-state index contributed by atoms with van der Waals surface area (Å²) in [6, 6.07) is 57.6. The van der Waals surface area contributed by atoms with Crippen LogP contribution >= 0.6 is 0 Å². The molecule has 0 saturated carbocycles. The third kappa shape index (κ3) is 4.68. The second-order valence-electron chi connectivity index (χ2n) is 12.6. The Morgan fingerprint density at radius 3 is 2.04 bits per heavy atom. The number of para-hydroxylation sites is 1. The summed E-state index contributed by atoms with van der Waals surface area (Å²) in [7, 11) is 0. The maximum absolute atomic E-state index is 6.27. The molecule has 0 aliphatic carbocycles. The Morgan fingerprint density at radius 1 is 0.449 bits per heavy atom. The average Bonchev–Trinajstić information content (AvgIpc) is 3.56. The molecule has 0 bridgehead atoms. The van der Waals surface area contributed by atoms with Crippen LogP contribution < -0.4 is 5.32 Å². The van der Waals surface area contributed by atoms with Gasteiger partial charge in [0.05, 0.1) is 0 Å². The van der Waals surface area contributed by atoms with Crippen molar-refractivity contribution in [2.24, 2.45) is 9.98 Å². The summed E-state index contributed by atoms with van der Waals surface area (Å²) in [5.74, 6) is 1.47. The number of furan rings is 1. The Kier molecular flexibility index (Phi) is 6.21. The van der Waals surface area contributed by atoms with Gasteiger partial charge in [0.2, 0.25) is 0 Å². The molecule has 1 unspecified atom stereocenters. The van der Waals surface area contributed by atoms with Crippen LogP contribution in [0.3, 0.4) is 0 Å². The SMILES string of the molecule is c1cc(C2=NC(c3cccc4oc5ccccc5c34)NC(c3ccc4ccccc4c3)=N2)cc(-c2ccc3c(ccc4ccccc43)c2)c1. The Labute approximate surface area is 282 Å². The molecule has 1 N–H and O–H groups in total. The zero-order chi connectivity index (χ0) is 32.3. The van der Waals surface area contributed by atoms with Crippen LogP contribution in [0.5, 0.6) is 0 Å². The second-order valence-corrected chi connectivity index (χ2v) is 12.6. The van der Waals surface area contributed by atoms with E-state index in [0.29, 0.717) is 5.84 Å². The lowest BCUT2D eigenvalue weighted by Crippen LogP contribution is -2.33. The van der Waals surface area contributed by atoms with Crippen LogP contribution in [-0.2, 0) is 0 Å². The van der Waals surface area contributed by atoms with Crippen LogP contribution in [0.15, 0.2) is 178 Å². The monoisotopic (exact) mass is 627 g/mol. The minimum atomic E-state index is -0.378. The van der Waals surface area contributed by atoms with Crippen molar-refractivity contribution in [2.75, 3.05) is 0 Å². The zero-order valence-corrected chi connectivity index (χ0v) is 26.5. The van der Waals surface area contributed by atoms with Gasteiger partial charge < -0.3 is 9.73 Å². The van der Waals surface area contributed by atoms with Gasteiger partial charge in [-0.3, -0.25) is 0 Å². The van der Waals surface area contributed by atoms with Crippen LogP contribution in [0.4, 0.5) is 0 Å². The van der Waals surface area contributed by atoms with E-state index in [-0.39, 0.29) is 6.17 Å². The van der Waals surface area contributed by atoms with Gasteiger partial charge in [-0.2, -0.15) is 0 Å². The summed E-state index contributed by atoms with van der Waals surface area (Å²) in [6.07, 6.45) is -0.378. The highest BCUT2D eigenvalue weighted by Gasteiger charge is 2.25. The third-order valence-electron chi connectivity index (χ3n) is 9.69. The van der Waals surface area contributed by atoms with Gasteiger partial charge in [-0.05, 0) is 73.8 Å². The van der Waals surface area contributed by atoms with Gasteiger partial charge in [0.1, 0.15) is 23.2 Å². The topological polar surface area (TPSA) is 49.9 Å². The number of hydrogen-bond donors (Lipinski definition) is 1. The van der Waals surface area contributed by atoms with Gasteiger partial charge in [0.25, 0.3) is 0 Å². The molecule has 9 aromatic rings. The standard InChI is InChI=1S/C45H29N3O/c1-2-11-30-26-35(22-19-28(30)9-1)44-46-43(47-45(48-44)39-16-8-18-41-42(39)38-15-5-6-17-40(38)49-41)34-13-7-12-31(27-34)32-23-24-37-33(25-32)21-20-29-10-3-4-14-36(29)37/h1-27,45H,(H,46,47,48). The highest BCUT2D eigenvalue weighted by molar-refractivity contribution is 6.15. The Balaban J connectivity index is 1.12. The molecule has 1 atom stereocenters. The van der Waals surface area contributed by atoms with Gasteiger partial charge in [-0.25, -0.2) is 9.98 Å². The first-order valence-corrected chi connectivity index (χ1v) is 16.6. The Morgan fingerprint density at radius 2 is 1.10 bits per heavy atom. The molecule has 1 aromatic heterocycles. The average molecular weight is 628 g/mol. The molecule has 0 spiro atoms. The van der Waals surface area contributed by atoms with Crippen molar-refractivity contribution in [1.29, 1.82) is 0 Å². The van der Waals surface area contributed by atoms with Gasteiger partial charge in [0, 0.05) is 27.5 Å².